The van der Waals surface area contributed by atoms with Crippen LogP contribution in [0.25, 0.3) is 0 Å². The fraction of sp³-hybridized carbons (Fsp3) is 0.417. The Kier molecular flexibility index (Phi) is 3.54. The summed E-state index contributed by atoms with van der Waals surface area (Å²) in [4.78, 5) is 15.5. The zero-order valence-electron chi connectivity index (χ0n) is 9.64. The monoisotopic (exact) mass is 254 g/mol. The molecule has 0 bridgehead atoms. The molecule has 0 aromatic heterocycles. The average molecular weight is 255 g/mol. The number of hydrogen-bond donors (Lipinski definition) is 1. The summed E-state index contributed by atoms with van der Waals surface area (Å²) in [5.41, 5.74) is 0.873. The Morgan fingerprint density at radius 2 is 2.24 bits per heavy atom. The summed E-state index contributed by atoms with van der Waals surface area (Å²) in [5, 5.41) is 9.99. The molecule has 0 saturated carbocycles. The number of carbonyl (C=O) groups excluding carboxylic acids is 1. The molecule has 1 atom stereocenters. The van der Waals surface area contributed by atoms with Crippen LogP contribution in [-0.4, -0.2) is 48.7 Å². The van der Waals surface area contributed by atoms with Crippen molar-refractivity contribution in [3.63, 3.8) is 0 Å². The predicted molar refractivity (Wildman–Crippen MR) is 67.3 cm³/mol. The first-order chi connectivity index (χ1) is 8.13. The summed E-state index contributed by atoms with van der Waals surface area (Å²) >= 11 is 5.94. The molecule has 1 heterocycles. The number of aliphatic hydroxyl groups is 1. The first-order valence-electron chi connectivity index (χ1n) is 5.51. The van der Waals surface area contributed by atoms with Crippen molar-refractivity contribution in [3.05, 3.63) is 29.3 Å². The van der Waals surface area contributed by atoms with Crippen molar-refractivity contribution in [3.8, 4) is 0 Å². The molecule has 1 aromatic rings. The smallest absolute Gasteiger partial charge is 0.247 e. The van der Waals surface area contributed by atoms with Gasteiger partial charge in [0.05, 0.1) is 6.61 Å². The van der Waals surface area contributed by atoms with E-state index in [4.69, 9.17) is 11.6 Å². The summed E-state index contributed by atoms with van der Waals surface area (Å²) in [7, 11) is 1.75. The van der Waals surface area contributed by atoms with Crippen LogP contribution in [0.4, 0.5) is 5.69 Å². The molecule has 0 radical (unpaired) electrons. The third-order valence-electron chi connectivity index (χ3n) is 3.03. The van der Waals surface area contributed by atoms with E-state index in [0.29, 0.717) is 18.1 Å². The Labute approximate surface area is 105 Å². The van der Waals surface area contributed by atoms with Crippen molar-refractivity contribution < 1.29 is 9.90 Å². The third-order valence-corrected chi connectivity index (χ3v) is 3.26. The Hall–Kier alpha value is -1.26. The van der Waals surface area contributed by atoms with Gasteiger partial charge in [-0.25, -0.2) is 0 Å². The largest absolute Gasteiger partial charge is 0.394 e. The zero-order valence-corrected chi connectivity index (χ0v) is 10.4. The second-order valence-corrected chi connectivity index (χ2v) is 4.57. The van der Waals surface area contributed by atoms with Crippen LogP contribution in [0, 0.1) is 0 Å². The number of anilines is 1. The van der Waals surface area contributed by atoms with Crippen LogP contribution < -0.4 is 4.90 Å². The van der Waals surface area contributed by atoms with Crippen molar-refractivity contribution in [1.82, 2.24) is 4.90 Å². The van der Waals surface area contributed by atoms with E-state index >= 15 is 0 Å². The predicted octanol–water partition coefficient (Wildman–Crippen LogP) is 0.979. The van der Waals surface area contributed by atoms with Crippen molar-refractivity contribution >= 4 is 23.2 Å². The summed E-state index contributed by atoms with van der Waals surface area (Å²) < 4.78 is 0. The summed E-state index contributed by atoms with van der Waals surface area (Å²) in [6, 6.07) is 6.83. The van der Waals surface area contributed by atoms with Gasteiger partial charge in [-0.15, -0.1) is 0 Å². The maximum absolute atomic E-state index is 11.9. The van der Waals surface area contributed by atoms with E-state index in [1.54, 1.807) is 18.0 Å². The highest BCUT2D eigenvalue weighted by Gasteiger charge is 2.32. The molecule has 0 spiro atoms. The van der Waals surface area contributed by atoms with Gasteiger partial charge < -0.3 is 14.9 Å². The first kappa shape index (κ1) is 12.2. The summed E-state index contributed by atoms with van der Waals surface area (Å²) in [6.45, 7) is 1.17. The molecule has 0 aliphatic carbocycles. The first-order valence-corrected chi connectivity index (χ1v) is 5.89. The molecular formula is C12H15ClN2O2. The van der Waals surface area contributed by atoms with Crippen LogP contribution in [0.15, 0.2) is 24.3 Å². The highest BCUT2D eigenvalue weighted by molar-refractivity contribution is 6.30. The fourth-order valence-electron chi connectivity index (χ4n) is 2.05. The number of piperazine rings is 1. The zero-order chi connectivity index (χ0) is 12.4. The minimum Gasteiger partial charge on any atom is -0.394 e. The Morgan fingerprint density at radius 1 is 1.47 bits per heavy atom. The second-order valence-electron chi connectivity index (χ2n) is 4.13. The van der Waals surface area contributed by atoms with E-state index in [2.05, 4.69) is 0 Å². The minimum atomic E-state index is -0.507. The van der Waals surface area contributed by atoms with Crippen molar-refractivity contribution in [2.75, 3.05) is 31.6 Å². The lowest BCUT2D eigenvalue weighted by atomic mass is 10.1. The van der Waals surface area contributed by atoms with E-state index in [-0.39, 0.29) is 12.5 Å². The van der Waals surface area contributed by atoms with Crippen molar-refractivity contribution in [2.45, 2.75) is 6.04 Å². The Bertz CT molecular complexity index is 425. The van der Waals surface area contributed by atoms with Crippen molar-refractivity contribution in [2.24, 2.45) is 0 Å². The van der Waals surface area contributed by atoms with Gasteiger partial charge in [-0.05, 0) is 18.2 Å². The molecule has 1 amide bonds. The number of likely N-dealkylation sites (N-methyl/N-ethyl adjacent to an activating group) is 1. The molecule has 1 saturated heterocycles. The molecule has 1 aliphatic heterocycles. The SMILES string of the molecule is CN1CCN(c2cccc(Cl)c2)C(CO)C1=O. The number of benzene rings is 1. The van der Waals surface area contributed by atoms with Crippen LogP contribution in [0.3, 0.4) is 0 Å². The Balaban J connectivity index is 2.28. The van der Waals surface area contributed by atoms with E-state index < -0.39 is 6.04 Å². The van der Waals surface area contributed by atoms with Gasteiger partial charge in [-0.2, -0.15) is 0 Å². The van der Waals surface area contributed by atoms with Crippen LogP contribution in [0.1, 0.15) is 0 Å². The molecule has 1 aliphatic rings. The number of hydrogen-bond acceptors (Lipinski definition) is 3. The molecule has 2 rings (SSSR count). The lowest BCUT2D eigenvalue weighted by Gasteiger charge is -2.39. The fourth-order valence-corrected chi connectivity index (χ4v) is 2.24. The van der Waals surface area contributed by atoms with Gasteiger partial charge in [0, 0.05) is 30.8 Å². The number of nitrogens with zero attached hydrogens (tertiary/aromatic N) is 2. The van der Waals surface area contributed by atoms with E-state index in [1.165, 1.54) is 0 Å². The van der Waals surface area contributed by atoms with E-state index in [1.807, 2.05) is 23.1 Å². The summed E-state index contributed by atoms with van der Waals surface area (Å²) in [6.07, 6.45) is 0. The number of aliphatic hydroxyl groups excluding tert-OH is 1. The third kappa shape index (κ3) is 2.37. The maximum atomic E-state index is 11.9. The van der Waals surface area contributed by atoms with E-state index in [0.717, 1.165) is 5.69 Å². The molecular weight excluding hydrogens is 240 g/mol. The molecule has 1 unspecified atom stereocenters. The minimum absolute atomic E-state index is 0.0567. The number of carbonyl (C=O) groups is 1. The molecule has 1 fully saturated rings. The number of halogens is 1. The summed E-state index contributed by atoms with van der Waals surface area (Å²) in [5.74, 6) is -0.0567. The molecule has 92 valence electrons. The quantitative estimate of drug-likeness (QED) is 0.856. The van der Waals surface area contributed by atoms with Crippen LogP contribution in [0.2, 0.25) is 5.02 Å². The standard InChI is InChI=1S/C12H15ClN2O2/c1-14-5-6-15(11(8-16)12(14)17)10-4-2-3-9(13)7-10/h2-4,7,11,16H,5-6,8H2,1H3. The topological polar surface area (TPSA) is 43.8 Å². The number of amides is 1. The molecule has 1 aromatic carbocycles. The second kappa shape index (κ2) is 4.94. The van der Waals surface area contributed by atoms with E-state index in [9.17, 15) is 9.90 Å². The van der Waals surface area contributed by atoms with Crippen LogP contribution in [-0.2, 0) is 4.79 Å². The van der Waals surface area contributed by atoms with Crippen LogP contribution in [0.5, 0.6) is 0 Å². The number of rotatable bonds is 2. The van der Waals surface area contributed by atoms with Gasteiger partial charge in [0.1, 0.15) is 6.04 Å². The van der Waals surface area contributed by atoms with Crippen LogP contribution >= 0.6 is 11.6 Å². The van der Waals surface area contributed by atoms with Gasteiger partial charge in [0.15, 0.2) is 0 Å². The van der Waals surface area contributed by atoms with Gasteiger partial charge in [0.25, 0.3) is 0 Å². The Morgan fingerprint density at radius 3 is 2.88 bits per heavy atom. The highest BCUT2D eigenvalue weighted by atomic mass is 35.5. The van der Waals surface area contributed by atoms with Crippen molar-refractivity contribution in [1.29, 1.82) is 0 Å². The lowest BCUT2D eigenvalue weighted by molar-refractivity contribution is -0.133. The normalized spacial score (nSPS) is 20.9. The van der Waals surface area contributed by atoms with Gasteiger partial charge in [0.2, 0.25) is 5.91 Å². The molecule has 17 heavy (non-hydrogen) atoms. The molecule has 1 N–H and O–H groups in total. The van der Waals surface area contributed by atoms with Gasteiger partial charge in [-0.3, -0.25) is 4.79 Å². The van der Waals surface area contributed by atoms with Gasteiger partial charge >= 0.3 is 0 Å². The molecule has 4 nitrogen and oxygen atoms in total. The average Bonchev–Trinajstić information content (AvgIpc) is 2.32. The highest BCUT2D eigenvalue weighted by Crippen LogP contribution is 2.23. The lowest BCUT2D eigenvalue weighted by Crippen LogP contribution is -2.57. The van der Waals surface area contributed by atoms with Gasteiger partial charge in [-0.1, -0.05) is 17.7 Å². The molecule has 5 heteroatoms. The maximum Gasteiger partial charge on any atom is 0.247 e.